The van der Waals surface area contributed by atoms with Gasteiger partial charge in [-0.05, 0) is 49.1 Å². The van der Waals surface area contributed by atoms with Gasteiger partial charge in [-0.3, -0.25) is 14.7 Å². The summed E-state index contributed by atoms with van der Waals surface area (Å²) in [5, 5.41) is 6.90. The lowest BCUT2D eigenvalue weighted by molar-refractivity contribution is -0.123. The van der Waals surface area contributed by atoms with Crippen molar-refractivity contribution < 1.29 is 9.53 Å². The number of nitrogens with zero attached hydrogens (tertiary/aromatic N) is 2. The van der Waals surface area contributed by atoms with Crippen LogP contribution in [0.3, 0.4) is 0 Å². The maximum atomic E-state index is 12.6. The second kappa shape index (κ2) is 9.73. The number of nitrogens with one attached hydrogen (secondary N) is 2. The molecule has 156 valence electrons. The van der Waals surface area contributed by atoms with E-state index in [0.717, 1.165) is 12.1 Å². The predicted octanol–water partition coefficient (Wildman–Crippen LogP) is 3.52. The lowest BCUT2D eigenvalue weighted by Crippen LogP contribution is -2.25. The van der Waals surface area contributed by atoms with Gasteiger partial charge in [0.25, 0.3) is 11.5 Å². The van der Waals surface area contributed by atoms with E-state index in [-0.39, 0.29) is 12.2 Å². The summed E-state index contributed by atoms with van der Waals surface area (Å²) in [5.41, 5.74) is 5.14. The number of amides is 1. The van der Waals surface area contributed by atoms with Gasteiger partial charge in [-0.15, -0.1) is 0 Å². The Balaban J connectivity index is 1.56. The molecule has 1 aromatic heterocycles. The van der Waals surface area contributed by atoms with Crippen LogP contribution in [0.2, 0.25) is 0 Å². The molecule has 0 aliphatic heterocycles. The van der Waals surface area contributed by atoms with Gasteiger partial charge in [0.05, 0.1) is 17.5 Å². The first kappa shape index (κ1) is 21.1. The smallest absolute Gasteiger partial charge is 0.280 e. The van der Waals surface area contributed by atoms with Crippen molar-refractivity contribution in [2.75, 3.05) is 6.61 Å². The number of aromatic nitrogens is 2. The van der Waals surface area contributed by atoms with Crippen molar-refractivity contribution in [2.45, 2.75) is 33.1 Å². The molecule has 1 amide bonds. The molecule has 0 saturated heterocycles. The standard InChI is InChI=1S/C23H26N4O3/c1-4-16(2)18-10-12-20(13-11-18)30-15-22(28)25-24-14-21-17(3)26-27(23(21)29)19-8-6-5-7-9-19/h5-14,16,26H,4,15H2,1-3H3,(H,25,28)/b24-14-/t16-/m1/s1. The molecule has 0 saturated carbocycles. The van der Waals surface area contributed by atoms with Crippen LogP contribution in [0.1, 0.15) is 43.0 Å². The minimum atomic E-state index is -0.408. The van der Waals surface area contributed by atoms with E-state index >= 15 is 0 Å². The van der Waals surface area contributed by atoms with Crippen molar-refractivity contribution in [1.82, 2.24) is 15.2 Å². The Morgan fingerprint density at radius 1 is 1.20 bits per heavy atom. The highest BCUT2D eigenvalue weighted by Crippen LogP contribution is 2.21. The molecule has 1 atom stereocenters. The van der Waals surface area contributed by atoms with Gasteiger partial charge in [-0.25, -0.2) is 10.1 Å². The fraction of sp³-hybridized carbons (Fsp3) is 0.261. The minimum Gasteiger partial charge on any atom is -0.484 e. The highest BCUT2D eigenvalue weighted by Gasteiger charge is 2.10. The summed E-state index contributed by atoms with van der Waals surface area (Å²) < 4.78 is 6.93. The average molecular weight is 406 g/mol. The van der Waals surface area contributed by atoms with Gasteiger partial charge in [0.1, 0.15) is 5.75 Å². The number of hydrogen-bond acceptors (Lipinski definition) is 4. The molecule has 0 fully saturated rings. The van der Waals surface area contributed by atoms with Gasteiger partial charge in [-0.2, -0.15) is 5.10 Å². The SMILES string of the molecule is CC[C@@H](C)c1ccc(OCC(=O)N/N=C\c2c(C)[nH]n(-c3ccccc3)c2=O)cc1. The van der Waals surface area contributed by atoms with Crippen LogP contribution >= 0.6 is 0 Å². The van der Waals surface area contributed by atoms with E-state index in [1.54, 1.807) is 6.92 Å². The van der Waals surface area contributed by atoms with E-state index in [1.165, 1.54) is 16.5 Å². The quantitative estimate of drug-likeness (QED) is 0.443. The van der Waals surface area contributed by atoms with E-state index in [9.17, 15) is 9.59 Å². The first-order valence-electron chi connectivity index (χ1n) is 9.91. The number of carbonyl (C=O) groups excluding carboxylic acids is 1. The minimum absolute atomic E-state index is 0.166. The molecule has 0 aliphatic carbocycles. The van der Waals surface area contributed by atoms with Gasteiger partial charge in [0.15, 0.2) is 6.61 Å². The zero-order valence-electron chi connectivity index (χ0n) is 17.4. The van der Waals surface area contributed by atoms with Crippen LogP contribution in [-0.2, 0) is 4.79 Å². The van der Waals surface area contributed by atoms with E-state index in [0.29, 0.717) is 22.9 Å². The number of aryl methyl sites for hydroxylation is 1. The Hall–Kier alpha value is -3.61. The predicted molar refractivity (Wildman–Crippen MR) is 118 cm³/mol. The van der Waals surface area contributed by atoms with Crippen LogP contribution in [0, 0.1) is 6.92 Å². The Morgan fingerprint density at radius 2 is 1.90 bits per heavy atom. The van der Waals surface area contributed by atoms with E-state index in [1.807, 2.05) is 54.6 Å². The first-order valence-corrected chi connectivity index (χ1v) is 9.91. The van der Waals surface area contributed by atoms with E-state index in [2.05, 4.69) is 29.5 Å². The van der Waals surface area contributed by atoms with Crippen LogP contribution in [0.25, 0.3) is 5.69 Å². The number of carbonyl (C=O) groups is 1. The largest absolute Gasteiger partial charge is 0.484 e. The highest BCUT2D eigenvalue weighted by molar-refractivity contribution is 5.83. The number of benzene rings is 2. The summed E-state index contributed by atoms with van der Waals surface area (Å²) in [6.45, 7) is 5.92. The van der Waals surface area contributed by atoms with Gasteiger partial charge < -0.3 is 4.74 Å². The van der Waals surface area contributed by atoms with Crippen LogP contribution in [0.4, 0.5) is 0 Å². The monoisotopic (exact) mass is 406 g/mol. The van der Waals surface area contributed by atoms with Crippen LogP contribution in [-0.4, -0.2) is 28.5 Å². The molecule has 0 bridgehead atoms. The Labute approximate surface area is 175 Å². The second-order valence-electron chi connectivity index (χ2n) is 7.09. The van der Waals surface area contributed by atoms with Crippen molar-refractivity contribution in [3.05, 3.63) is 81.8 Å². The molecule has 30 heavy (non-hydrogen) atoms. The maximum absolute atomic E-state index is 12.6. The van der Waals surface area contributed by atoms with Crippen LogP contribution < -0.4 is 15.7 Å². The molecule has 0 spiro atoms. The molecule has 2 aromatic carbocycles. The summed E-state index contributed by atoms with van der Waals surface area (Å²) >= 11 is 0. The topological polar surface area (TPSA) is 88.5 Å². The Kier molecular flexibility index (Phi) is 6.85. The number of rotatable bonds is 8. The summed E-state index contributed by atoms with van der Waals surface area (Å²) in [6, 6.07) is 17.0. The maximum Gasteiger partial charge on any atom is 0.280 e. The number of ether oxygens (including phenoxy) is 1. The number of H-pyrrole nitrogens is 1. The summed E-state index contributed by atoms with van der Waals surface area (Å²) in [4.78, 5) is 24.6. The zero-order valence-corrected chi connectivity index (χ0v) is 17.4. The summed E-state index contributed by atoms with van der Waals surface area (Å²) in [6.07, 6.45) is 2.41. The molecular formula is C23H26N4O3. The first-order chi connectivity index (χ1) is 14.5. The average Bonchev–Trinajstić information content (AvgIpc) is 3.06. The lowest BCUT2D eigenvalue weighted by atomic mass is 9.99. The Morgan fingerprint density at radius 3 is 2.57 bits per heavy atom. The van der Waals surface area contributed by atoms with Gasteiger partial charge >= 0.3 is 0 Å². The number of hydrazone groups is 1. The van der Waals surface area contributed by atoms with Gasteiger partial charge in [-0.1, -0.05) is 44.2 Å². The normalized spacial score (nSPS) is 12.1. The molecule has 7 heteroatoms. The lowest BCUT2D eigenvalue weighted by Gasteiger charge is -2.10. The molecule has 1 heterocycles. The van der Waals surface area contributed by atoms with Crippen molar-refractivity contribution in [3.63, 3.8) is 0 Å². The van der Waals surface area contributed by atoms with Gasteiger partial charge in [0.2, 0.25) is 0 Å². The van der Waals surface area contributed by atoms with Crippen molar-refractivity contribution in [1.29, 1.82) is 0 Å². The van der Waals surface area contributed by atoms with Gasteiger partial charge in [0, 0.05) is 5.69 Å². The molecule has 3 rings (SSSR count). The molecule has 0 aliphatic rings. The fourth-order valence-electron chi connectivity index (χ4n) is 2.95. The molecule has 3 aromatic rings. The van der Waals surface area contributed by atoms with E-state index in [4.69, 9.17) is 4.74 Å². The molecule has 0 radical (unpaired) electrons. The summed E-state index contributed by atoms with van der Waals surface area (Å²) in [7, 11) is 0. The number of hydrogen-bond donors (Lipinski definition) is 2. The number of para-hydroxylation sites is 1. The van der Waals surface area contributed by atoms with Crippen molar-refractivity contribution in [2.24, 2.45) is 5.10 Å². The van der Waals surface area contributed by atoms with E-state index < -0.39 is 5.91 Å². The third kappa shape index (κ3) is 5.05. The Bertz CT molecular complexity index is 1070. The third-order valence-electron chi connectivity index (χ3n) is 4.95. The van der Waals surface area contributed by atoms with Crippen LogP contribution in [0.15, 0.2) is 64.5 Å². The molecular weight excluding hydrogens is 380 g/mol. The summed E-state index contributed by atoms with van der Waals surface area (Å²) in [5.74, 6) is 0.697. The molecule has 7 nitrogen and oxygen atoms in total. The highest BCUT2D eigenvalue weighted by atomic mass is 16.5. The van der Waals surface area contributed by atoms with Crippen molar-refractivity contribution >= 4 is 12.1 Å². The molecule has 2 N–H and O–H groups in total. The molecule has 0 unspecified atom stereocenters. The second-order valence-corrected chi connectivity index (χ2v) is 7.09. The van der Waals surface area contributed by atoms with Crippen molar-refractivity contribution in [3.8, 4) is 11.4 Å². The van der Waals surface area contributed by atoms with Crippen LogP contribution in [0.5, 0.6) is 5.75 Å². The number of aromatic amines is 1. The third-order valence-corrected chi connectivity index (χ3v) is 4.95. The fourth-order valence-corrected chi connectivity index (χ4v) is 2.95. The zero-order chi connectivity index (χ0) is 21.5.